The van der Waals surface area contributed by atoms with Crippen LogP contribution in [0.25, 0.3) is 5.57 Å². The molecule has 0 heterocycles. The maximum Gasteiger partial charge on any atom is 0.303 e. The number of allylic oxidation sites excluding steroid dienone is 4. The summed E-state index contributed by atoms with van der Waals surface area (Å²) in [6.07, 6.45) is 8.60. The van der Waals surface area contributed by atoms with Gasteiger partial charge in [0.1, 0.15) is 11.5 Å². The largest absolute Gasteiger partial charge is 0.508 e. The minimum absolute atomic E-state index is 0.0326. The number of hydrogen-bond donors (Lipinski definition) is 5. The van der Waals surface area contributed by atoms with Crippen LogP contribution in [0.3, 0.4) is 0 Å². The Bertz CT molecular complexity index is 1340. The number of Topliss-reactive ketones (excluding diaryl/α,β-unsaturated/α-hetero) is 1. The van der Waals surface area contributed by atoms with Gasteiger partial charge in [0.05, 0.1) is 0 Å². The van der Waals surface area contributed by atoms with Crippen LogP contribution in [0.4, 0.5) is 0 Å². The zero-order valence-corrected chi connectivity index (χ0v) is 25.5. The van der Waals surface area contributed by atoms with Crippen LogP contribution in [0.2, 0.25) is 0 Å². The standard InChI is InChI=1S/C36H47NO6/c1-23(2)7-10-26(21-24-8-12-27(38)13-9-24)33(39)16-15-32(37)25-11-14-29-28-5-3-4-6-30(28)36(31(29)22-25,19-17-34(40)41)20-18-35(42)43/h4,6,8-9,11-14,22-23,26,32,34,38,40-41H,3,5,7,10,15-21,37H2,1-2H3,(H,42,43). The number of carbonyl (C=O) groups excluding carboxylic acids is 1. The second-order valence-corrected chi connectivity index (χ2v) is 12.8. The van der Waals surface area contributed by atoms with Crippen LogP contribution in [0, 0.1) is 11.8 Å². The van der Waals surface area contributed by atoms with E-state index in [0.717, 1.165) is 53.5 Å². The number of benzene rings is 2. The number of hydrogen-bond acceptors (Lipinski definition) is 6. The number of aliphatic hydroxyl groups is 2. The van der Waals surface area contributed by atoms with Gasteiger partial charge in [-0.25, -0.2) is 0 Å². The van der Waals surface area contributed by atoms with Gasteiger partial charge in [-0.3, -0.25) is 9.59 Å². The lowest BCUT2D eigenvalue weighted by atomic mass is 9.69. The summed E-state index contributed by atoms with van der Waals surface area (Å²) in [7, 11) is 0. The summed E-state index contributed by atoms with van der Waals surface area (Å²) >= 11 is 0. The molecule has 0 spiro atoms. The number of carbonyl (C=O) groups is 2. The molecule has 0 saturated carbocycles. The highest BCUT2D eigenvalue weighted by Gasteiger charge is 2.44. The summed E-state index contributed by atoms with van der Waals surface area (Å²) in [6.45, 7) is 4.32. The van der Waals surface area contributed by atoms with Crippen molar-refractivity contribution in [2.75, 3.05) is 0 Å². The third kappa shape index (κ3) is 8.02. The zero-order valence-electron chi connectivity index (χ0n) is 25.5. The predicted octanol–water partition coefficient (Wildman–Crippen LogP) is 6.35. The Labute approximate surface area is 255 Å². The summed E-state index contributed by atoms with van der Waals surface area (Å²) in [4.78, 5) is 25.2. The predicted molar refractivity (Wildman–Crippen MR) is 168 cm³/mol. The van der Waals surface area contributed by atoms with Crippen molar-refractivity contribution in [3.8, 4) is 5.75 Å². The quantitative estimate of drug-likeness (QED) is 0.144. The van der Waals surface area contributed by atoms with E-state index >= 15 is 0 Å². The molecule has 6 N–H and O–H groups in total. The molecule has 0 aliphatic heterocycles. The molecular weight excluding hydrogens is 542 g/mol. The molecule has 232 valence electrons. The molecule has 2 aliphatic carbocycles. The number of fused-ring (bicyclic) bond motifs is 2. The summed E-state index contributed by atoms with van der Waals surface area (Å²) in [6, 6.07) is 12.9. The van der Waals surface area contributed by atoms with Gasteiger partial charge in [-0.2, -0.15) is 0 Å². The average Bonchev–Trinajstić information content (AvgIpc) is 3.25. The molecule has 3 atom stereocenters. The van der Waals surface area contributed by atoms with Crippen molar-refractivity contribution < 1.29 is 30.0 Å². The molecule has 4 rings (SSSR count). The number of nitrogens with two attached hydrogens (primary N) is 1. The van der Waals surface area contributed by atoms with E-state index in [-0.39, 0.29) is 36.3 Å². The van der Waals surface area contributed by atoms with Gasteiger partial charge in [0.2, 0.25) is 0 Å². The van der Waals surface area contributed by atoms with Gasteiger partial charge in [-0.15, -0.1) is 0 Å². The van der Waals surface area contributed by atoms with Crippen LogP contribution in [0.5, 0.6) is 5.75 Å². The zero-order chi connectivity index (χ0) is 31.1. The molecule has 0 aromatic heterocycles. The minimum atomic E-state index is -1.48. The summed E-state index contributed by atoms with van der Waals surface area (Å²) in [5.74, 6) is -0.104. The Morgan fingerprint density at radius 3 is 2.37 bits per heavy atom. The first kappa shape index (κ1) is 32.6. The highest BCUT2D eigenvalue weighted by Crippen LogP contribution is 2.55. The first-order chi connectivity index (χ1) is 20.5. The van der Waals surface area contributed by atoms with E-state index in [1.807, 2.05) is 18.2 Å². The lowest BCUT2D eigenvalue weighted by Gasteiger charge is -2.34. The highest BCUT2D eigenvalue weighted by atomic mass is 16.5. The lowest BCUT2D eigenvalue weighted by Crippen LogP contribution is -2.29. The van der Waals surface area contributed by atoms with Crippen molar-refractivity contribution in [1.82, 2.24) is 0 Å². The van der Waals surface area contributed by atoms with Crippen molar-refractivity contribution in [3.05, 3.63) is 82.4 Å². The second kappa shape index (κ2) is 14.5. The number of aliphatic hydroxyl groups excluding tert-OH is 1. The molecule has 0 amide bonds. The van der Waals surface area contributed by atoms with E-state index in [2.05, 4.69) is 38.1 Å². The number of carboxylic acids is 1. The Morgan fingerprint density at radius 2 is 1.70 bits per heavy atom. The summed E-state index contributed by atoms with van der Waals surface area (Å²) < 4.78 is 0. The van der Waals surface area contributed by atoms with E-state index < -0.39 is 17.7 Å². The Balaban J connectivity index is 1.55. The molecular formula is C36H47NO6. The second-order valence-electron chi connectivity index (χ2n) is 12.8. The van der Waals surface area contributed by atoms with E-state index in [9.17, 15) is 30.0 Å². The van der Waals surface area contributed by atoms with E-state index in [1.165, 1.54) is 5.57 Å². The van der Waals surface area contributed by atoms with Crippen molar-refractivity contribution in [2.45, 2.75) is 102 Å². The summed E-state index contributed by atoms with van der Waals surface area (Å²) in [5, 5.41) is 38.8. The number of ketones is 1. The number of carboxylic acid groups (broad SMARTS) is 1. The average molecular weight is 590 g/mol. The highest BCUT2D eigenvalue weighted by molar-refractivity contribution is 5.84. The van der Waals surface area contributed by atoms with Crippen LogP contribution in [-0.4, -0.2) is 38.5 Å². The van der Waals surface area contributed by atoms with Gasteiger partial charge < -0.3 is 26.2 Å². The molecule has 0 saturated heterocycles. The Morgan fingerprint density at radius 1 is 0.953 bits per heavy atom. The molecule has 3 unspecified atom stereocenters. The van der Waals surface area contributed by atoms with E-state index in [4.69, 9.17) is 5.73 Å². The van der Waals surface area contributed by atoms with E-state index in [1.54, 1.807) is 12.1 Å². The lowest BCUT2D eigenvalue weighted by molar-refractivity contribution is -0.137. The van der Waals surface area contributed by atoms with Gasteiger partial charge in [0, 0.05) is 30.2 Å². The first-order valence-corrected chi connectivity index (χ1v) is 15.7. The molecule has 2 aromatic rings. The van der Waals surface area contributed by atoms with Crippen molar-refractivity contribution in [2.24, 2.45) is 17.6 Å². The molecule has 43 heavy (non-hydrogen) atoms. The Hall–Kier alpha value is -3.26. The molecule has 2 aliphatic rings. The third-order valence-corrected chi connectivity index (χ3v) is 9.26. The normalized spacial score (nSPS) is 19.0. The van der Waals surface area contributed by atoms with Crippen molar-refractivity contribution in [1.29, 1.82) is 0 Å². The van der Waals surface area contributed by atoms with Crippen LogP contribution in [0.1, 0.15) is 106 Å². The number of aliphatic carboxylic acids is 1. The minimum Gasteiger partial charge on any atom is -0.508 e. The fourth-order valence-corrected chi connectivity index (χ4v) is 6.84. The van der Waals surface area contributed by atoms with Gasteiger partial charge in [-0.05, 0) is 103 Å². The van der Waals surface area contributed by atoms with Gasteiger partial charge in [0.15, 0.2) is 6.29 Å². The summed E-state index contributed by atoms with van der Waals surface area (Å²) in [5.41, 5.74) is 12.4. The molecule has 0 radical (unpaired) electrons. The fourth-order valence-electron chi connectivity index (χ4n) is 6.84. The first-order valence-electron chi connectivity index (χ1n) is 15.7. The fraction of sp³-hybridized carbons (Fsp3) is 0.500. The van der Waals surface area contributed by atoms with Crippen molar-refractivity contribution in [3.63, 3.8) is 0 Å². The van der Waals surface area contributed by atoms with Crippen LogP contribution >= 0.6 is 0 Å². The maximum absolute atomic E-state index is 13.5. The van der Waals surface area contributed by atoms with Gasteiger partial charge >= 0.3 is 5.97 Å². The van der Waals surface area contributed by atoms with Crippen LogP contribution in [-0.2, 0) is 21.4 Å². The van der Waals surface area contributed by atoms with Crippen LogP contribution in [0.15, 0.2) is 60.2 Å². The monoisotopic (exact) mass is 589 g/mol. The topological polar surface area (TPSA) is 141 Å². The molecule has 7 heteroatoms. The number of phenolic OH excluding ortho intramolecular Hbond substituents is 1. The smallest absolute Gasteiger partial charge is 0.303 e. The third-order valence-electron chi connectivity index (χ3n) is 9.26. The molecule has 2 aromatic carbocycles. The Kier molecular flexibility index (Phi) is 11.0. The number of phenols is 1. The van der Waals surface area contributed by atoms with Gasteiger partial charge in [0.25, 0.3) is 0 Å². The van der Waals surface area contributed by atoms with Crippen LogP contribution < -0.4 is 5.73 Å². The number of aromatic hydroxyl groups is 1. The number of rotatable bonds is 16. The molecule has 7 nitrogen and oxygen atoms in total. The SMILES string of the molecule is CC(C)CCC(Cc1ccc(O)cc1)C(=O)CCC(N)c1ccc2c(c1)C(CCC(=O)O)(CCC(O)O)C1=C2CCC=C1. The van der Waals surface area contributed by atoms with Gasteiger partial charge in [-0.1, -0.05) is 62.8 Å². The maximum atomic E-state index is 13.5. The van der Waals surface area contributed by atoms with E-state index in [0.29, 0.717) is 38.0 Å². The van der Waals surface area contributed by atoms with Crippen molar-refractivity contribution >= 4 is 17.3 Å². The molecule has 0 bridgehead atoms. The molecule has 0 fully saturated rings.